The van der Waals surface area contributed by atoms with Crippen molar-refractivity contribution in [1.29, 1.82) is 0 Å². The average Bonchev–Trinajstić information content (AvgIpc) is 2.32. The van der Waals surface area contributed by atoms with Gasteiger partial charge in [0.05, 0.1) is 0 Å². The summed E-state index contributed by atoms with van der Waals surface area (Å²) >= 11 is 5.09. The van der Waals surface area contributed by atoms with Gasteiger partial charge in [0.25, 0.3) is 0 Å². The van der Waals surface area contributed by atoms with Crippen molar-refractivity contribution in [2.45, 2.75) is 0 Å². The minimum absolute atomic E-state index is 0.380. The van der Waals surface area contributed by atoms with Crippen molar-refractivity contribution in [1.82, 2.24) is 0 Å². The van der Waals surface area contributed by atoms with E-state index in [2.05, 4.69) is 0 Å². The summed E-state index contributed by atoms with van der Waals surface area (Å²) in [6, 6.07) is 16.0. The fraction of sp³-hybridized carbons (Fsp3) is 0. The monoisotopic (exact) mass is 248 g/mol. The zero-order valence-electron chi connectivity index (χ0n) is 8.80. The van der Waals surface area contributed by atoms with Gasteiger partial charge in [-0.25, -0.2) is 4.79 Å². The standard InChI is InChI=1S/C13H9ClO3/c14-13(15)17-12-8-6-11(7-9-12)16-10-4-2-1-3-5-10/h1-9H. The molecule has 0 heterocycles. The van der Waals surface area contributed by atoms with Gasteiger partial charge in [0.1, 0.15) is 17.2 Å². The Morgan fingerprint density at radius 3 is 1.94 bits per heavy atom. The lowest BCUT2D eigenvalue weighted by atomic mass is 10.3. The van der Waals surface area contributed by atoms with E-state index in [1.54, 1.807) is 24.3 Å². The van der Waals surface area contributed by atoms with Crippen LogP contribution in [-0.2, 0) is 0 Å². The normalized spacial score (nSPS) is 9.71. The molecule has 2 rings (SSSR count). The molecule has 0 radical (unpaired) electrons. The van der Waals surface area contributed by atoms with Gasteiger partial charge in [-0.1, -0.05) is 18.2 Å². The first-order chi connectivity index (χ1) is 8.24. The molecule has 0 amide bonds. The molecule has 17 heavy (non-hydrogen) atoms. The fourth-order valence-electron chi connectivity index (χ4n) is 1.29. The van der Waals surface area contributed by atoms with E-state index in [4.69, 9.17) is 21.1 Å². The third kappa shape index (κ3) is 3.50. The number of hydrogen-bond acceptors (Lipinski definition) is 3. The van der Waals surface area contributed by atoms with Crippen LogP contribution in [0.15, 0.2) is 54.6 Å². The summed E-state index contributed by atoms with van der Waals surface area (Å²) in [7, 11) is 0. The van der Waals surface area contributed by atoms with Gasteiger partial charge in [-0.15, -0.1) is 0 Å². The smallest absolute Gasteiger partial charge is 0.409 e. The van der Waals surface area contributed by atoms with Gasteiger partial charge >= 0.3 is 5.43 Å². The molecule has 0 N–H and O–H groups in total. The Hall–Kier alpha value is -2.00. The van der Waals surface area contributed by atoms with Crippen molar-refractivity contribution in [3.63, 3.8) is 0 Å². The molecule has 0 fully saturated rings. The second-order valence-electron chi connectivity index (χ2n) is 3.23. The Morgan fingerprint density at radius 1 is 0.824 bits per heavy atom. The van der Waals surface area contributed by atoms with Crippen molar-refractivity contribution in [3.8, 4) is 17.2 Å². The molecule has 0 saturated heterocycles. The van der Waals surface area contributed by atoms with Crippen LogP contribution in [0.25, 0.3) is 0 Å². The molecule has 0 aliphatic heterocycles. The van der Waals surface area contributed by atoms with Crippen molar-refractivity contribution in [3.05, 3.63) is 54.6 Å². The van der Waals surface area contributed by atoms with Gasteiger partial charge in [0, 0.05) is 11.6 Å². The summed E-state index contributed by atoms with van der Waals surface area (Å²) in [5.41, 5.74) is -0.860. The van der Waals surface area contributed by atoms with E-state index in [9.17, 15) is 4.79 Å². The van der Waals surface area contributed by atoms with Crippen LogP contribution in [0.2, 0.25) is 0 Å². The van der Waals surface area contributed by atoms with E-state index in [0.29, 0.717) is 11.5 Å². The van der Waals surface area contributed by atoms with E-state index in [-0.39, 0.29) is 0 Å². The number of rotatable bonds is 3. The maximum atomic E-state index is 10.5. The molecule has 2 aromatic rings. The molecule has 4 heteroatoms. The number of hydrogen-bond donors (Lipinski definition) is 0. The summed E-state index contributed by atoms with van der Waals surface area (Å²) < 4.78 is 10.3. The first kappa shape index (κ1) is 11.5. The number of halogens is 1. The Bertz CT molecular complexity index is 494. The highest BCUT2D eigenvalue weighted by Gasteiger charge is 2.01. The van der Waals surface area contributed by atoms with E-state index >= 15 is 0 Å². The second kappa shape index (κ2) is 5.37. The predicted molar refractivity (Wildman–Crippen MR) is 64.8 cm³/mol. The third-order valence-electron chi connectivity index (χ3n) is 2.00. The minimum atomic E-state index is -0.860. The molecular formula is C13H9ClO3. The average molecular weight is 249 g/mol. The number of benzene rings is 2. The van der Waals surface area contributed by atoms with Crippen LogP contribution in [0.3, 0.4) is 0 Å². The fourth-order valence-corrected chi connectivity index (χ4v) is 1.38. The van der Waals surface area contributed by atoms with Gasteiger partial charge in [0.2, 0.25) is 0 Å². The van der Waals surface area contributed by atoms with Crippen LogP contribution < -0.4 is 9.47 Å². The molecule has 0 aliphatic carbocycles. The zero-order chi connectivity index (χ0) is 12.1. The molecule has 0 bridgehead atoms. The molecule has 0 unspecified atom stereocenters. The van der Waals surface area contributed by atoms with E-state index in [1.807, 2.05) is 30.3 Å². The van der Waals surface area contributed by atoms with Crippen LogP contribution in [-0.4, -0.2) is 5.43 Å². The quantitative estimate of drug-likeness (QED) is 0.763. The topological polar surface area (TPSA) is 35.5 Å². The predicted octanol–water partition coefficient (Wildman–Crippen LogP) is 4.22. The summed E-state index contributed by atoms with van der Waals surface area (Å²) in [6.07, 6.45) is 0. The van der Waals surface area contributed by atoms with Crippen LogP contribution in [0.4, 0.5) is 4.79 Å². The number of para-hydroxylation sites is 1. The number of carbonyl (C=O) groups excluding carboxylic acids is 1. The molecular weight excluding hydrogens is 240 g/mol. The van der Waals surface area contributed by atoms with Crippen LogP contribution in [0, 0.1) is 0 Å². The van der Waals surface area contributed by atoms with Crippen LogP contribution in [0.1, 0.15) is 0 Å². The van der Waals surface area contributed by atoms with E-state index in [1.165, 1.54) is 0 Å². The molecule has 0 atom stereocenters. The highest BCUT2D eigenvalue weighted by Crippen LogP contribution is 2.23. The van der Waals surface area contributed by atoms with Crippen molar-refractivity contribution in [2.75, 3.05) is 0 Å². The number of ether oxygens (including phenoxy) is 2. The minimum Gasteiger partial charge on any atom is -0.457 e. The first-order valence-electron chi connectivity index (χ1n) is 4.94. The summed E-state index contributed by atoms with van der Waals surface area (Å²) in [4.78, 5) is 10.5. The Morgan fingerprint density at radius 2 is 1.35 bits per heavy atom. The largest absolute Gasteiger partial charge is 0.457 e. The first-order valence-corrected chi connectivity index (χ1v) is 5.32. The highest BCUT2D eigenvalue weighted by atomic mass is 35.5. The van der Waals surface area contributed by atoms with Gasteiger partial charge in [-0.05, 0) is 36.4 Å². The van der Waals surface area contributed by atoms with E-state index < -0.39 is 5.43 Å². The molecule has 0 saturated carbocycles. The van der Waals surface area contributed by atoms with Gasteiger partial charge in [0.15, 0.2) is 0 Å². The lowest BCUT2D eigenvalue weighted by Crippen LogP contribution is -1.95. The molecule has 0 aromatic heterocycles. The highest BCUT2D eigenvalue weighted by molar-refractivity contribution is 6.61. The summed E-state index contributed by atoms with van der Waals surface area (Å²) in [6.45, 7) is 0. The lowest BCUT2D eigenvalue weighted by Gasteiger charge is -2.05. The SMILES string of the molecule is O=C(Cl)Oc1ccc(Oc2ccccc2)cc1. The van der Waals surface area contributed by atoms with Crippen LogP contribution >= 0.6 is 11.6 Å². The second-order valence-corrected chi connectivity index (χ2v) is 3.53. The summed E-state index contributed by atoms with van der Waals surface area (Å²) in [5.74, 6) is 1.78. The van der Waals surface area contributed by atoms with Crippen LogP contribution in [0.5, 0.6) is 17.2 Å². The molecule has 3 nitrogen and oxygen atoms in total. The Balaban J connectivity index is 2.06. The van der Waals surface area contributed by atoms with Gasteiger partial charge in [-0.3, -0.25) is 0 Å². The Kier molecular flexibility index (Phi) is 3.62. The van der Waals surface area contributed by atoms with Gasteiger partial charge in [-0.2, -0.15) is 0 Å². The van der Waals surface area contributed by atoms with Gasteiger partial charge < -0.3 is 9.47 Å². The van der Waals surface area contributed by atoms with E-state index in [0.717, 1.165) is 5.75 Å². The molecule has 0 aliphatic rings. The summed E-state index contributed by atoms with van der Waals surface area (Å²) in [5, 5.41) is 0. The maximum absolute atomic E-state index is 10.5. The number of carbonyl (C=O) groups is 1. The maximum Gasteiger partial charge on any atom is 0.409 e. The van der Waals surface area contributed by atoms with Crippen molar-refractivity contribution >= 4 is 17.0 Å². The van der Waals surface area contributed by atoms with Crippen molar-refractivity contribution < 1.29 is 14.3 Å². The molecule has 2 aromatic carbocycles. The lowest BCUT2D eigenvalue weighted by molar-refractivity contribution is 0.225. The Labute approximate surface area is 104 Å². The van der Waals surface area contributed by atoms with Crippen molar-refractivity contribution in [2.24, 2.45) is 0 Å². The zero-order valence-corrected chi connectivity index (χ0v) is 9.55. The molecule has 0 spiro atoms. The third-order valence-corrected chi connectivity index (χ3v) is 2.08. The molecule has 86 valence electrons.